The second-order valence-corrected chi connectivity index (χ2v) is 10.0. The molecule has 0 aliphatic carbocycles. The van der Waals surface area contributed by atoms with Crippen molar-refractivity contribution in [3.63, 3.8) is 0 Å². The van der Waals surface area contributed by atoms with Crippen LogP contribution in [0.25, 0.3) is 11.4 Å². The first kappa shape index (κ1) is 25.6. The first-order chi connectivity index (χ1) is 17.5. The van der Waals surface area contributed by atoms with Gasteiger partial charge in [-0.05, 0) is 36.4 Å². The zero-order chi connectivity index (χ0) is 25.3. The Hall–Kier alpha value is -3.48. The van der Waals surface area contributed by atoms with Gasteiger partial charge in [0, 0.05) is 35.7 Å². The summed E-state index contributed by atoms with van der Waals surface area (Å²) in [6.45, 7) is 0. The summed E-state index contributed by atoms with van der Waals surface area (Å²) in [5, 5.41) is 18.5. The van der Waals surface area contributed by atoms with E-state index >= 15 is 0 Å². The summed E-state index contributed by atoms with van der Waals surface area (Å²) in [5.41, 5.74) is 1.40. The molecule has 4 aromatic rings. The summed E-state index contributed by atoms with van der Waals surface area (Å²) in [4.78, 5) is 28.7. The van der Waals surface area contributed by atoms with Gasteiger partial charge >= 0.3 is 0 Å². The van der Waals surface area contributed by atoms with Crippen molar-refractivity contribution in [1.29, 1.82) is 0 Å². The molecule has 0 spiro atoms. The van der Waals surface area contributed by atoms with Crippen molar-refractivity contribution < 1.29 is 18.8 Å². The van der Waals surface area contributed by atoms with Crippen LogP contribution in [0.15, 0.2) is 57.4 Å². The first-order valence-electron chi connectivity index (χ1n) is 10.8. The second kappa shape index (κ2) is 12.5. The minimum Gasteiger partial charge on any atom is -0.496 e. The van der Waals surface area contributed by atoms with Gasteiger partial charge in [0.15, 0.2) is 4.34 Å². The lowest BCUT2D eigenvalue weighted by Gasteiger charge is -2.04. The molecule has 2 N–H and O–H groups in total. The lowest BCUT2D eigenvalue weighted by Crippen LogP contribution is -2.12. The molecule has 0 unspecified atom stereocenters. The smallest absolute Gasteiger partial charge is 0.227 e. The molecule has 0 fully saturated rings. The Morgan fingerprint density at radius 3 is 2.64 bits per heavy atom. The van der Waals surface area contributed by atoms with Crippen LogP contribution in [0.5, 0.6) is 5.75 Å². The average Bonchev–Trinajstić information content (AvgIpc) is 3.54. The van der Waals surface area contributed by atoms with Crippen molar-refractivity contribution in [3.05, 3.63) is 59.4 Å². The third-order valence-electron chi connectivity index (χ3n) is 4.72. The van der Waals surface area contributed by atoms with Gasteiger partial charge in [-0.25, -0.2) is 0 Å². The van der Waals surface area contributed by atoms with Gasteiger partial charge in [-0.15, -0.1) is 10.2 Å². The molecule has 4 rings (SSSR count). The van der Waals surface area contributed by atoms with Crippen LogP contribution in [0, 0.1) is 0 Å². The highest BCUT2D eigenvalue weighted by Gasteiger charge is 2.15. The van der Waals surface area contributed by atoms with Crippen LogP contribution in [0.2, 0.25) is 5.02 Å². The van der Waals surface area contributed by atoms with Crippen LogP contribution in [-0.4, -0.2) is 45.0 Å². The number of aromatic nitrogens is 4. The highest BCUT2D eigenvalue weighted by molar-refractivity contribution is 8.01. The van der Waals surface area contributed by atoms with E-state index in [1.54, 1.807) is 31.4 Å². The number of ether oxygens (including phenoxy) is 1. The average molecular weight is 545 g/mol. The standard InChI is InChI=1S/C23H21ClN6O4S2/c1-33-17-5-3-2-4-16(17)21-27-20(34-30-21)11-10-18(31)26-22-28-29-23(36-22)35-13-12-19(32)25-15-8-6-14(24)7-9-15/h2-9H,10-13H2,1H3,(H,25,32)(H,26,28,31). The van der Waals surface area contributed by atoms with E-state index in [9.17, 15) is 9.59 Å². The highest BCUT2D eigenvalue weighted by atomic mass is 35.5. The fraction of sp³-hybridized carbons (Fsp3) is 0.217. The number of anilines is 2. The number of carbonyl (C=O) groups is 2. The third kappa shape index (κ3) is 7.26. The fourth-order valence-corrected chi connectivity index (χ4v) is 4.91. The van der Waals surface area contributed by atoms with Crippen molar-refractivity contribution in [2.45, 2.75) is 23.6 Å². The van der Waals surface area contributed by atoms with Gasteiger partial charge in [-0.2, -0.15) is 4.98 Å². The molecular formula is C23H21ClN6O4S2. The topological polar surface area (TPSA) is 132 Å². The normalized spacial score (nSPS) is 10.7. The van der Waals surface area contributed by atoms with E-state index in [0.29, 0.717) is 55.4 Å². The van der Waals surface area contributed by atoms with Crippen LogP contribution in [-0.2, 0) is 16.0 Å². The minimum absolute atomic E-state index is 0.113. The predicted octanol–water partition coefficient (Wildman–Crippen LogP) is 4.94. The number of benzene rings is 2. The van der Waals surface area contributed by atoms with Gasteiger partial charge in [-0.1, -0.05) is 52.0 Å². The number of hydrogen-bond donors (Lipinski definition) is 2. The first-order valence-corrected chi connectivity index (χ1v) is 13.0. The van der Waals surface area contributed by atoms with Gasteiger partial charge in [0.05, 0.1) is 12.7 Å². The largest absolute Gasteiger partial charge is 0.496 e. The number of hydrogen-bond acceptors (Lipinski definition) is 10. The number of para-hydroxylation sites is 1. The number of nitrogens with zero attached hydrogens (tertiary/aromatic N) is 4. The maximum atomic E-state index is 12.3. The predicted molar refractivity (Wildman–Crippen MR) is 139 cm³/mol. The van der Waals surface area contributed by atoms with E-state index < -0.39 is 0 Å². The van der Waals surface area contributed by atoms with E-state index in [0.717, 1.165) is 0 Å². The molecule has 0 atom stereocenters. The van der Waals surface area contributed by atoms with Crippen LogP contribution in [0.1, 0.15) is 18.7 Å². The molecule has 2 aromatic heterocycles. The maximum absolute atomic E-state index is 12.3. The minimum atomic E-state index is -0.248. The van der Waals surface area contributed by atoms with Gasteiger partial charge in [0.2, 0.25) is 28.7 Å². The van der Waals surface area contributed by atoms with Crippen LogP contribution in [0.4, 0.5) is 10.8 Å². The summed E-state index contributed by atoms with van der Waals surface area (Å²) in [7, 11) is 1.57. The number of methoxy groups -OCH3 is 1. The number of amides is 2. The summed E-state index contributed by atoms with van der Waals surface area (Å²) in [5.74, 6) is 1.54. The van der Waals surface area contributed by atoms with Crippen molar-refractivity contribution >= 4 is 57.3 Å². The van der Waals surface area contributed by atoms with Crippen LogP contribution < -0.4 is 15.4 Å². The number of halogens is 1. The van der Waals surface area contributed by atoms with Gasteiger partial charge in [-0.3, -0.25) is 9.59 Å². The van der Waals surface area contributed by atoms with Crippen molar-refractivity contribution in [1.82, 2.24) is 20.3 Å². The monoisotopic (exact) mass is 544 g/mol. The molecule has 0 aliphatic rings. The quantitative estimate of drug-likeness (QED) is 0.199. The van der Waals surface area contributed by atoms with E-state index in [1.807, 2.05) is 24.3 Å². The molecule has 0 radical (unpaired) electrons. The van der Waals surface area contributed by atoms with Crippen molar-refractivity contribution in [3.8, 4) is 17.1 Å². The number of thioether (sulfide) groups is 1. The van der Waals surface area contributed by atoms with E-state index in [2.05, 4.69) is 31.0 Å². The second-order valence-electron chi connectivity index (χ2n) is 7.29. The zero-order valence-corrected chi connectivity index (χ0v) is 21.5. The Morgan fingerprint density at radius 1 is 1.06 bits per heavy atom. The Kier molecular flexibility index (Phi) is 8.87. The number of nitrogens with one attached hydrogen (secondary N) is 2. The lowest BCUT2D eigenvalue weighted by molar-refractivity contribution is -0.116. The van der Waals surface area contributed by atoms with Gasteiger partial charge < -0.3 is 19.9 Å². The molecule has 0 saturated heterocycles. The molecule has 10 nitrogen and oxygen atoms in total. The molecule has 2 heterocycles. The Labute approximate surface area is 219 Å². The molecule has 2 amide bonds. The highest BCUT2D eigenvalue weighted by Crippen LogP contribution is 2.28. The SMILES string of the molecule is COc1ccccc1-c1noc(CCC(=O)Nc2nnc(SCCC(=O)Nc3ccc(Cl)cc3)s2)n1. The zero-order valence-electron chi connectivity index (χ0n) is 19.1. The summed E-state index contributed by atoms with van der Waals surface area (Å²) in [6.07, 6.45) is 0.715. The Bertz CT molecular complexity index is 1330. The molecule has 36 heavy (non-hydrogen) atoms. The fourth-order valence-electron chi connectivity index (χ4n) is 3.00. The molecule has 2 aromatic carbocycles. The van der Waals surface area contributed by atoms with Gasteiger partial charge in [0.1, 0.15) is 5.75 Å². The van der Waals surface area contributed by atoms with E-state index in [4.69, 9.17) is 20.9 Å². The lowest BCUT2D eigenvalue weighted by atomic mass is 10.2. The van der Waals surface area contributed by atoms with Crippen molar-refractivity contribution in [2.75, 3.05) is 23.5 Å². The van der Waals surface area contributed by atoms with E-state index in [1.165, 1.54) is 23.1 Å². The molecular weight excluding hydrogens is 524 g/mol. The third-order valence-corrected chi connectivity index (χ3v) is 6.94. The molecule has 13 heteroatoms. The maximum Gasteiger partial charge on any atom is 0.227 e. The van der Waals surface area contributed by atoms with Crippen molar-refractivity contribution in [2.24, 2.45) is 0 Å². The molecule has 0 aliphatic heterocycles. The summed E-state index contributed by atoms with van der Waals surface area (Å²) < 4.78 is 11.2. The van der Waals surface area contributed by atoms with E-state index in [-0.39, 0.29) is 24.7 Å². The summed E-state index contributed by atoms with van der Waals surface area (Å²) in [6, 6.07) is 14.3. The molecule has 186 valence electrons. The Morgan fingerprint density at radius 2 is 1.83 bits per heavy atom. The van der Waals surface area contributed by atoms with Crippen LogP contribution >= 0.6 is 34.7 Å². The van der Waals surface area contributed by atoms with Crippen LogP contribution in [0.3, 0.4) is 0 Å². The Balaban J connectivity index is 1.19. The molecule has 0 saturated carbocycles. The number of aryl methyl sites for hydroxylation is 1. The number of rotatable bonds is 11. The molecule has 0 bridgehead atoms. The summed E-state index contributed by atoms with van der Waals surface area (Å²) >= 11 is 8.48. The number of carbonyl (C=O) groups excluding carboxylic acids is 2. The van der Waals surface area contributed by atoms with Gasteiger partial charge in [0.25, 0.3) is 0 Å².